The van der Waals surface area contributed by atoms with Crippen LogP contribution in [0.1, 0.15) is 23.6 Å². The van der Waals surface area contributed by atoms with Crippen LogP contribution in [0.15, 0.2) is 36.4 Å². The van der Waals surface area contributed by atoms with Gasteiger partial charge in [0, 0.05) is 0 Å². The molecule has 0 nitrogen and oxygen atoms in total. The highest BCUT2D eigenvalue weighted by Gasteiger charge is 1.94. The minimum atomic E-state index is 1.20. The summed E-state index contributed by atoms with van der Waals surface area (Å²) in [4.78, 5) is 0. The van der Waals surface area contributed by atoms with Crippen molar-refractivity contribution in [3.8, 4) is 0 Å². The lowest BCUT2D eigenvalue weighted by Crippen LogP contribution is -1.82. The third-order valence-electron chi connectivity index (χ3n) is 2.13. The summed E-state index contributed by atoms with van der Waals surface area (Å²) >= 11 is 0. The molecular weight excluding hydrogens is 156 g/mol. The normalized spacial score (nSPS) is 11.5. The van der Waals surface area contributed by atoms with Crippen molar-refractivity contribution in [2.24, 2.45) is 0 Å². The lowest BCUT2D eigenvalue weighted by atomic mass is 10.0. The van der Waals surface area contributed by atoms with Gasteiger partial charge in [0.15, 0.2) is 0 Å². The summed E-state index contributed by atoms with van der Waals surface area (Å²) in [5.74, 6) is 0. The van der Waals surface area contributed by atoms with Crippen LogP contribution in [-0.4, -0.2) is 0 Å². The maximum absolute atomic E-state index is 3.74. The van der Waals surface area contributed by atoms with Crippen molar-refractivity contribution in [1.29, 1.82) is 0 Å². The second-order valence-electron chi connectivity index (χ2n) is 3.45. The van der Waals surface area contributed by atoms with Crippen molar-refractivity contribution in [2.75, 3.05) is 0 Å². The number of allylic oxidation sites excluding steroid dienone is 2. The number of rotatable bonds is 2. The number of hydrogen-bond donors (Lipinski definition) is 0. The molecule has 1 aromatic carbocycles. The van der Waals surface area contributed by atoms with Crippen molar-refractivity contribution in [1.82, 2.24) is 0 Å². The molecule has 1 aromatic rings. The van der Waals surface area contributed by atoms with Crippen molar-refractivity contribution in [3.05, 3.63) is 53.1 Å². The molecule has 0 bridgehead atoms. The number of hydrogen-bond acceptors (Lipinski definition) is 0. The molecule has 13 heavy (non-hydrogen) atoms. The summed E-state index contributed by atoms with van der Waals surface area (Å²) in [5, 5.41) is 0. The summed E-state index contributed by atoms with van der Waals surface area (Å²) in [6.07, 6.45) is 4.03. The van der Waals surface area contributed by atoms with Gasteiger partial charge in [0.05, 0.1) is 0 Å². The molecule has 0 atom stereocenters. The van der Waals surface area contributed by atoms with Gasteiger partial charge in [0.2, 0.25) is 0 Å². The van der Waals surface area contributed by atoms with Crippen LogP contribution in [0.2, 0.25) is 0 Å². The maximum atomic E-state index is 3.74. The minimum Gasteiger partial charge on any atom is -0.0988 e. The molecule has 0 fully saturated rings. The minimum absolute atomic E-state index is 1.20. The van der Waals surface area contributed by atoms with E-state index in [4.69, 9.17) is 0 Å². The van der Waals surface area contributed by atoms with E-state index in [1.54, 1.807) is 0 Å². The van der Waals surface area contributed by atoms with E-state index in [0.717, 1.165) is 0 Å². The van der Waals surface area contributed by atoms with Gasteiger partial charge in [-0.25, -0.2) is 0 Å². The molecule has 0 heteroatoms. The Morgan fingerprint density at radius 3 is 2.54 bits per heavy atom. The fourth-order valence-corrected chi connectivity index (χ4v) is 1.29. The Kier molecular flexibility index (Phi) is 3.07. The van der Waals surface area contributed by atoms with Crippen LogP contribution >= 0.6 is 0 Å². The molecule has 0 amide bonds. The second-order valence-corrected chi connectivity index (χ2v) is 3.45. The lowest BCUT2D eigenvalue weighted by Gasteiger charge is -2.02. The maximum Gasteiger partial charge on any atom is -0.0225 e. The Morgan fingerprint density at radius 2 is 2.00 bits per heavy atom. The molecule has 0 aliphatic carbocycles. The van der Waals surface area contributed by atoms with Gasteiger partial charge in [-0.2, -0.15) is 0 Å². The summed E-state index contributed by atoms with van der Waals surface area (Å²) in [7, 11) is 0. The Balaban J connectivity index is 3.09. The summed E-state index contributed by atoms with van der Waals surface area (Å²) in [6, 6.07) is 6.48. The predicted octanol–water partition coefficient (Wildman–Crippen LogP) is 3.89. The van der Waals surface area contributed by atoms with Crippen LogP contribution in [0, 0.1) is 13.8 Å². The van der Waals surface area contributed by atoms with Crippen molar-refractivity contribution in [2.45, 2.75) is 20.8 Å². The van der Waals surface area contributed by atoms with Crippen LogP contribution in [0.3, 0.4) is 0 Å². The van der Waals surface area contributed by atoms with Crippen LogP contribution < -0.4 is 0 Å². The zero-order valence-corrected chi connectivity index (χ0v) is 8.59. The zero-order chi connectivity index (χ0) is 9.84. The van der Waals surface area contributed by atoms with Crippen LogP contribution in [-0.2, 0) is 0 Å². The molecule has 0 radical (unpaired) electrons. The third kappa shape index (κ3) is 2.59. The second kappa shape index (κ2) is 4.08. The third-order valence-corrected chi connectivity index (χ3v) is 2.13. The molecule has 0 saturated carbocycles. The Morgan fingerprint density at radius 1 is 1.31 bits per heavy atom. The highest BCUT2D eigenvalue weighted by atomic mass is 14.0. The Hall–Kier alpha value is -1.30. The molecule has 0 spiro atoms. The fraction of sp³-hybridized carbons (Fsp3) is 0.231. The molecule has 0 aromatic heterocycles. The molecule has 0 aliphatic heterocycles. The van der Waals surface area contributed by atoms with Gasteiger partial charge >= 0.3 is 0 Å². The summed E-state index contributed by atoms with van der Waals surface area (Å²) in [5.41, 5.74) is 5.11. The number of aryl methyl sites for hydroxylation is 2. The first-order valence-electron chi connectivity index (χ1n) is 4.51. The van der Waals surface area contributed by atoms with Crippen molar-refractivity contribution >= 4 is 6.08 Å². The average molecular weight is 172 g/mol. The van der Waals surface area contributed by atoms with E-state index in [-0.39, 0.29) is 0 Å². The smallest absolute Gasteiger partial charge is 0.0225 e. The quantitative estimate of drug-likeness (QED) is 0.594. The van der Waals surface area contributed by atoms with Gasteiger partial charge < -0.3 is 0 Å². The molecule has 1 rings (SSSR count). The van der Waals surface area contributed by atoms with Gasteiger partial charge in [-0.05, 0) is 31.9 Å². The SMILES string of the molecule is C=C/C(C)=C\c1ccc(C)cc1C. The molecule has 0 saturated heterocycles. The lowest BCUT2D eigenvalue weighted by molar-refractivity contribution is 1.36. The molecular formula is C13H16. The van der Waals surface area contributed by atoms with E-state index in [2.05, 4.69) is 51.6 Å². The molecule has 0 unspecified atom stereocenters. The first-order chi connectivity index (χ1) is 6.13. The first-order valence-corrected chi connectivity index (χ1v) is 4.51. The van der Waals surface area contributed by atoms with Gasteiger partial charge in [0.1, 0.15) is 0 Å². The van der Waals surface area contributed by atoms with Gasteiger partial charge in [-0.15, -0.1) is 0 Å². The van der Waals surface area contributed by atoms with E-state index in [9.17, 15) is 0 Å². The molecule has 0 N–H and O–H groups in total. The van der Waals surface area contributed by atoms with E-state index in [1.807, 2.05) is 6.08 Å². The fourth-order valence-electron chi connectivity index (χ4n) is 1.29. The van der Waals surface area contributed by atoms with Crippen LogP contribution in [0.5, 0.6) is 0 Å². The summed E-state index contributed by atoms with van der Waals surface area (Å²) < 4.78 is 0. The molecule has 68 valence electrons. The van der Waals surface area contributed by atoms with E-state index < -0.39 is 0 Å². The standard InChI is InChI=1S/C13H16/c1-5-10(2)9-13-7-6-11(3)8-12(13)4/h5-9H,1H2,2-4H3/b10-9-. The summed E-state index contributed by atoms with van der Waals surface area (Å²) in [6.45, 7) is 10.0. The van der Waals surface area contributed by atoms with E-state index >= 15 is 0 Å². The van der Waals surface area contributed by atoms with Crippen molar-refractivity contribution in [3.63, 3.8) is 0 Å². The Bertz CT molecular complexity index is 343. The zero-order valence-electron chi connectivity index (χ0n) is 8.59. The van der Waals surface area contributed by atoms with E-state index in [0.29, 0.717) is 0 Å². The van der Waals surface area contributed by atoms with Crippen LogP contribution in [0.25, 0.3) is 6.08 Å². The first kappa shape index (κ1) is 9.79. The monoisotopic (exact) mass is 172 g/mol. The topological polar surface area (TPSA) is 0 Å². The number of benzene rings is 1. The largest absolute Gasteiger partial charge is 0.0988 e. The highest BCUT2D eigenvalue weighted by Crippen LogP contribution is 2.14. The average Bonchev–Trinajstić information content (AvgIpc) is 2.09. The van der Waals surface area contributed by atoms with Crippen molar-refractivity contribution < 1.29 is 0 Å². The van der Waals surface area contributed by atoms with E-state index in [1.165, 1.54) is 22.3 Å². The Labute approximate surface area is 80.6 Å². The van der Waals surface area contributed by atoms with Gasteiger partial charge in [-0.1, -0.05) is 48.1 Å². The molecule has 0 aliphatic rings. The molecule has 0 heterocycles. The van der Waals surface area contributed by atoms with Gasteiger partial charge in [0.25, 0.3) is 0 Å². The van der Waals surface area contributed by atoms with Gasteiger partial charge in [-0.3, -0.25) is 0 Å². The predicted molar refractivity (Wildman–Crippen MR) is 59.8 cm³/mol. The van der Waals surface area contributed by atoms with Crippen LogP contribution in [0.4, 0.5) is 0 Å². The highest BCUT2D eigenvalue weighted by molar-refractivity contribution is 5.58.